The van der Waals surface area contributed by atoms with E-state index in [2.05, 4.69) is 70.9 Å². The molecule has 19 heavy (non-hydrogen) atoms. The Bertz CT molecular complexity index is 558. The van der Waals surface area contributed by atoms with Crippen LogP contribution in [0.25, 0.3) is 0 Å². The lowest BCUT2D eigenvalue weighted by atomic mass is 10.1. The third-order valence-electron chi connectivity index (χ3n) is 3.40. The molecule has 0 aliphatic carbocycles. The Kier molecular flexibility index (Phi) is 4.30. The molecule has 1 aromatic heterocycles. The van der Waals surface area contributed by atoms with Gasteiger partial charge in [-0.05, 0) is 52.0 Å². The number of halogens is 1. The van der Waals surface area contributed by atoms with E-state index < -0.39 is 0 Å². The van der Waals surface area contributed by atoms with Crippen molar-refractivity contribution < 1.29 is 0 Å². The van der Waals surface area contributed by atoms with Crippen LogP contribution >= 0.6 is 15.9 Å². The zero-order valence-electron chi connectivity index (χ0n) is 11.9. The van der Waals surface area contributed by atoms with E-state index in [1.807, 2.05) is 12.1 Å². The molecule has 0 spiro atoms. The number of aromatic nitrogens is 2. The zero-order chi connectivity index (χ0) is 14.0. The highest BCUT2D eigenvalue weighted by molar-refractivity contribution is 9.10. The molecule has 2 rings (SSSR count). The molecule has 4 heteroatoms. The van der Waals surface area contributed by atoms with Crippen molar-refractivity contribution >= 4 is 21.6 Å². The Morgan fingerprint density at radius 1 is 1.26 bits per heavy atom. The zero-order valence-corrected chi connectivity index (χ0v) is 13.5. The molecule has 0 saturated carbocycles. The van der Waals surface area contributed by atoms with Crippen LogP contribution in [0.3, 0.4) is 0 Å². The average Bonchev–Trinajstić information content (AvgIpc) is 2.67. The van der Waals surface area contributed by atoms with Gasteiger partial charge in [-0.1, -0.05) is 15.9 Å². The maximum absolute atomic E-state index is 4.57. The first-order valence-electron chi connectivity index (χ1n) is 6.59. The van der Waals surface area contributed by atoms with E-state index >= 15 is 0 Å². The molecule has 102 valence electrons. The van der Waals surface area contributed by atoms with Gasteiger partial charge in [0, 0.05) is 28.0 Å². The molecule has 0 radical (unpaired) electrons. The summed E-state index contributed by atoms with van der Waals surface area (Å²) in [6.45, 7) is 9.43. The second-order valence-corrected chi connectivity index (χ2v) is 5.69. The van der Waals surface area contributed by atoms with E-state index in [4.69, 9.17) is 0 Å². The minimum absolute atomic E-state index is 0.251. The average molecular weight is 322 g/mol. The predicted octanol–water partition coefficient (Wildman–Crippen LogP) is 4.46. The minimum atomic E-state index is 0.251. The second-order valence-electron chi connectivity index (χ2n) is 4.77. The first kappa shape index (κ1) is 14.1. The lowest BCUT2D eigenvalue weighted by molar-refractivity contribution is 0.632. The van der Waals surface area contributed by atoms with Crippen LogP contribution < -0.4 is 5.32 Å². The fourth-order valence-electron chi connectivity index (χ4n) is 2.51. The van der Waals surface area contributed by atoms with E-state index in [0.717, 1.165) is 22.4 Å². The molecule has 0 amide bonds. The number of aryl methyl sites for hydroxylation is 2. The van der Waals surface area contributed by atoms with E-state index in [1.165, 1.54) is 11.3 Å². The molecule has 0 bridgehead atoms. The van der Waals surface area contributed by atoms with Crippen LogP contribution in [0.15, 0.2) is 28.7 Å². The molecule has 3 nitrogen and oxygen atoms in total. The van der Waals surface area contributed by atoms with Gasteiger partial charge in [-0.2, -0.15) is 5.10 Å². The highest BCUT2D eigenvalue weighted by atomic mass is 79.9. The summed E-state index contributed by atoms with van der Waals surface area (Å²) >= 11 is 3.45. The minimum Gasteiger partial charge on any atom is -0.378 e. The van der Waals surface area contributed by atoms with E-state index in [1.54, 1.807) is 0 Å². The Balaban J connectivity index is 2.22. The van der Waals surface area contributed by atoms with Crippen LogP contribution in [0.1, 0.15) is 36.8 Å². The van der Waals surface area contributed by atoms with Gasteiger partial charge in [0.05, 0.1) is 11.7 Å². The smallest absolute Gasteiger partial charge is 0.0649 e. The number of anilines is 1. The van der Waals surface area contributed by atoms with E-state index in [-0.39, 0.29) is 6.04 Å². The molecule has 1 unspecified atom stereocenters. The topological polar surface area (TPSA) is 29.9 Å². The molecule has 0 fully saturated rings. The number of nitrogens with one attached hydrogen (secondary N) is 1. The number of rotatable bonds is 4. The van der Waals surface area contributed by atoms with Gasteiger partial charge in [0.2, 0.25) is 0 Å². The summed E-state index contributed by atoms with van der Waals surface area (Å²) in [4.78, 5) is 0. The molecule has 1 atom stereocenters. The van der Waals surface area contributed by atoms with Crippen molar-refractivity contribution in [3.63, 3.8) is 0 Å². The van der Waals surface area contributed by atoms with Crippen molar-refractivity contribution in [2.75, 3.05) is 5.32 Å². The van der Waals surface area contributed by atoms with Gasteiger partial charge in [-0.25, -0.2) is 0 Å². The molecule has 1 aromatic carbocycles. The first-order chi connectivity index (χ1) is 9.02. The number of hydrogen-bond acceptors (Lipinski definition) is 2. The van der Waals surface area contributed by atoms with Gasteiger partial charge in [0.15, 0.2) is 0 Å². The standard InChI is InChI=1S/C15H20BrN3/c1-5-19-12(4)15(11(3)18-19)10(2)17-14-8-6-13(16)7-9-14/h6-10,17H,5H2,1-4H3. The van der Waals surface area contributed by atoms with Crippen molar-refractivity contribution in [1.29, 1.82) is 0 Å². The summed E-state index contributed by atoms with van der Waals surface area (Å²) in [7, 11) is 0. The van der Waals surface area contributed by atoms with Crippen molar-refractivity contribution in [2.45, 2.75) is 40.3 Å². The molecule has 0 aliphatic rings. The largest absolute Gasteiger partial charge is 0.378 e. The van der Waals surface area contributed by atoms with Crippen LogP contribution in [-0.2, 0) is 6.54 Å². The summed E-state index contributed by atoms with van der Waals surface area (Å²) in [6.07, 6.45) is 0. The van der Waals surface area contributed by atoms with Gasteiger partial charge in [0.25, 0.3) is 0 Å². The highest BCUT2D eigenvalue weighted by Gasteiger charge is 2.16. The van der Waals surface area contributed by atoms with Crippen LogP contribution in [0.5, 0.6) is 0 Å². The monoisotopic (exact) mass is 321 g/mol. The van der Waals surface area contributed by atoms with Gasteiger partial charge >= 0.3 is 0 Å². The van der Waals surface area contributed by atoms with Crippen molar-refractivity contribution in [3.8, 4) is 0 Å². The molecule has 2 aromatic rings. The predicted molar refractivity (Wildman–Crippen MR) is 83.6 cm³/mol. The van der Waals surface area contributed by atoms with E-state index in [9.17, 15) is 0 Å². The van der Waals surface area contributed by atoms with Gasteiger partial charge < -0.3 is 5.32 Å². The number of benzene rings is 1. The Hall–Kier alpha value is -1.29. The summed E-state index contributed by atoms with van der Waals surface area (Å²) in [5.74, 6) is 0. The number of nitrogens with zero attached hydrogens (tertiary/aromatic N) is 2. The van der Waals surface area contributed by atoms with Crippen molar-refractivity contribution in [3.05, 3.63) is 45.7 Å². The lowest BCUT2D eigenvalue weighted by Crippen LogP contribution is -2.09. The summed E-state index contributed by atoms with van der Waals surface area (Å²) in [6, 6.07) is 8.50. The van der Waals surface area contributed by atoms with Gasteiger partial charge in [0.1, 0.15) is 0 Å². The molecule has 1 N–H and O–H groups in total. The van der Waals surface area contributed by atoms with Crippen molar-refractivity contribution in [2.24, 2.45) is 0 Å². The Morgan fingerprint density at radius 2 is 1.89 bits per heavy atom. The quantitative estimate of drug-likeness (QED) is 0.901. The van der Waals surface area contributed by atoms with Crippen molar-refractivity contribution in [1.82, 2.24) is 9.78 Å². The highest BCUT2D eigenvalue weighted by Crippen LogP contribution is 2.25. The second kappa shape index (κ2) is 5.78. The molecular formula is C15H20BrN3. The molecule has 1 heterocycles. The Morgan fingerprint density at radius 3 is 2.42 bits per heavy atom. The molecule has 0 saturated heterocycles. The SMILES string of the molecule is CCn1nc(C)c(C(C)Nc2ccc(Br)cc2)c1C. The molecule has 0 aliphatic heterocycles. The van der Waals surface area contributed by atoms with Gasteiger partial charge in [-0.15, -0.1) is 0 Å². The van der Waals surface area contributed by atoms with Crippen LogP contribution in [0, 0.1) is 13.8 Å². The van der Waals surface area contributed by atoms with Crippen LogP contribution in [0.2, 0.25) is 0 Å². The van der Waals surface area contributed by atoms with Crippen LogP contribution in [0.4, 0.5) is 5.69 Å². The summed E-state index contributed by atoms with van der Waals surface area (Å²) in [5.41, 5.74) is 4.78. The fourth-order valence-corrected chi connectivity index (χ4v) is 2.78. The number of hydrogen-bond donors (Lipinski definition) is 1. The summed E-state index contributed by atoms with van der Waals surface area (Å²) in [5, 5.41) is 8.10. The van der Waals surface area contributed by atoms with Gasteiger partial charge in [-0.3, -0.25) is 4.68 Å². The lowest BCUT2D eigenvalue weighted by Gasteiger charge is -2.16. The normalized spacial score (nSPS) is 12.5. The van der Waals surface area contributed by atoms with Crippen LogP contribution in [-0.4, -0.2) is 9.78 Å². The maximum atomic E-state index is 4.57. The third kappa shape index (κ3) is 3.00. The Labute approximate surface area is 123 Å². The fraction of sp³-hybridized carbons (Fsp3) is 0.400. The third-order valence-corrected chi connectivity index (χ3v) is 3.93. The summed E-state index contributed by atoms with van der Waals surface area (Å²) < 4.78 is 3.15. The van der Waals surface area contributed by atoms with E-state index in [0.29, 0.717) is 0 Å². The first-order valence-corrected chi connectivity index (χ1v) is 7.38. The maximum Gasteiger partial charge on any atom is 0.0649 e. The molecular weight excluding hydrogens is 302 g/mol.